The van der Waals surface area contributed by atoms with E-state index in [1.165, 1.54) is 18.4 Å². The van der Waals surface area contributed by atoms with Crippen molar-refractivity contribution in [3.63, 3.8) is 0 Å². The Morgan fingerprint density at radius 1 is 1.10 bits per heavy atom. The molecule has 0 amide bonds. The molecule has 4 rings (SSSR count). The molecule has 30 heavy (non-hydrogen) atoms. The topological polar surface area (TPSA) is 118 Å². The third-order valence-electron chi connectivity index (χ3n) is 5.39. The molecule has 0 unspecified atom stereocenters. The van der Waals surface area contributed by atoms with Crippen LogP contribution < -0.4 is 16.4 Å². The van der Waals surface area contributed by atoms with Crippen LogP contribution in [0.3, 0.4) is 0 Å². The Hall–Kier alpha value is -2.69. The van der Waals surface area contributed by atoms with Gasteiger partial charge in [-0.15, -0.1) is 0 Å². The van der Waals surface area contributed by atoms with Crippen LogP contribution >= 0.6 is 0 Å². The number of hydrogen-bond acceptors (Lipinski definition) is 7. The molecule has 0 radical (unpaired) electrons. The summed E-state index contributed by atoms with van der Waals surface area (Å²) in [5, 5.41) is 11.2. The molecule has 1 fully saturated rings. The zero-order valence-electron chi connectivity index (χ0n) is 17.1. The van der Waals surface area contributed by atoms with E-state index in [2.05, 4.69) is 20.7 Å². The van der Waals surface area contributed by atoms with Gasteiger partial charge in [0.05, 0.1) is 11.1 Å². The maximum absolute atomic E-state index is 12.3. The van der Waals surface area contributed by atoms with Gasteiger partial charge in [-0.3, -0.25) is 0 Å². The van der Waals surface area contributed by atoms with E-state index in [-0.39, 0.29) is 4.90 Å². The highest BCUT2D eigenvalue weighted by Crippen LogP contribution is 2.25. The Morgan fingerprint density at radius 2 is 1.80 bits per heavy atom. The van der Waals surface area contributed by atoms with Gasteiger partial charge in [0.1, 0.15) is 11.6 Å². The molecule has 1 saturated carbocycles. The van der Waals surface area contributed by atoms with E-state index in [4.69, 9.17) is 5.73 Å². The Morgan fingerprint density at radius 3 is 2.47 bits per heavy atom. The molecule has 1 aliphatic rings. The number of anilines is 3. The van der Waals surface area contributed by atoms with E-state index < -0.39 is 10.0 Å². The van der Waals surface area contributed by atoms with Gasteiger partial charge in [0.2, 0.25) is 10.0 Å². The average Bonchev–Trinajstić information content (AvgIpc) is 3.19. The minimum Gasteiger partial charge on any atom is -0.367 e. The van der Waals surface area contributed by atoms with Crippen LogP contribution in [-0.4, -0.2) is 53.5 Å². The number of sulfonamides is 1. The molecule has 2 aromatic heterocycles. The predicted molar refractivity (Wildman–Crippen MR) is 117 cm³/mol. The van der Waals surface area contributed by atoms with Gasteiger partial charge in [-0.25, -0.2) is 17.7 Å². The van der Waals surface area contributed by atoms with Gasteiger partial charge in [0.15, 0.2) is 5.65 Å². The van der Waals surface area contributed by atoms with Crippen LogP contribution in [0, 0.1) is 0 Å². The van der Waals surface area contributed by atoms with Crippen LogP contribution in [0.1, 0.15) is 25.7 Å². The lowest BCUT2D eigenvalue weighted by Gasteiger charge is -2.27. The molecule has 0 bridgehead atoms. The lowest BCUT2D eigenvalue weighted by Crippen LogP contribution is -2.33. The van der Waals surface area contributed by atoms with Crippen molar-refractivity contribution in [2.75, 3.05) is 24.7 Å². The molecule has 4 N–H and O–H groups in total. The first-order valence-corrected chi connectivity index (χ1v) is 11.4. The lowest BCUT2D eigenvalue weighted by atomic mass is 9.92. The van der Waals surface area contributed by atoms with Gasteiger partial charge in [-0.2, -0.15) is 9.61 Å². The summed E-state index contributed by atoms with van der Waals surface area (Å²) >= 11 is 0. The highest BCUT2D eigenvalue weighted by atomic mass is 32.2. The normalized spacial score (nSPS) is 19.9. The zero-order chi connectivity index (χ0) is 21.3. The van der Waals surface area contributed by atoms with Crippen LogP contribution in [0.2, 0.25) is 0 Å². The van der Waals surface area contributed by atoms with Crippen LogP contribution in [0.25, 0.3) is 5.65 Å². The Labute approximate surface area is 176 Å². The number of nitrogens with zero attached hydrogens (tertiary/aromatic N) is 4. The molecule has 0 spiro atoms. The summed E-state index contributed by atoms with van der Waals surface area (Å²) < 4.78 is 27.4. The molecule has 1 aliphatic carbocycles. The van der Waals surface area contributed by atoms with Gasteiger partial charge in [-0.05, 0) is 49.9 Å². The molecule has 0 atom stereocenters. The highest BCUT2D eigenvalue weighted by Gasteiger charge is 2.20. The molecule has 9 nitrogen and oxygen atoms in total. The number of benzene rings is 1. The maximum Gasteiger partial charge on any atom is 0.242 e. The van der Waals surface area contributed by atoms with Crippen molar-refractivity contribution < 1.29 is 8.42 Å². The molecule has 0 aliphatic heterocycles. The Kier molecular flexibility index (Phi) is 5.63. The smallest absolute Gasteiger partial charge is 0.242 e. The molecule has 0 saturated heterocycles. The second kappa shape index (κ2) is 8.21. The fourth-order valence-electron chi connectivity index (χ4n) is 3.62. The number of rotatable bonds is 6. The molecule has 3 aromatic rings. The predicted octanol–water partition coefficient (Wildman–Crippen LogP) is 2.41. The van der Waals surface area contributed by atoms with Crippen LogP contribution in [-0.2, 0) is 10.0 Å². The summed E-state index contributed by atoms with van der Waals surface area (Å²) in [7, 11) is -0.430. The van der Waals surface area contributed by atoms with E-state index in [9.17, 15) is 8.42 Å². The van der Waals surface area contributed by atoms with E-state index in [1.54, 1.807) is 35.0 Å². The van der Waals surface area contributed by atoms with Crippen molar-refractivity contribution >= 4 is 33.0 Å². The average molecular weight is 430 g/mol. The minimum absolute atomic E-state index is 0.245. The Balaban J connectivity index is 1.57. The first-order chi connectivity index (χ1) is 14.3. The number of aromatic nitrogens is 3. The van der Waals surface area contributed by atoms with Crippen LogP contribution in [0.15, 0.2) is 47.5 Å². The monoisotopic (exact) mass is 429 g/mol. The second-order valence-corrected chi connectivity index (χ2v) is 9.97. The fraction of sp³-hybridized carbons (Fsp3) is 0.400. The molecule has 160 valence electrons. The largest absolute Gasteiger partial charge is 0.367 e. The van der Waals surface area contributed by atoms with Crippen molar-refractivity contribution in [3.8, 4) is 0 Å². The highest BCUT2D eigenvalue weighted by molar-refractivity contribution is 7.89. The van der Waals surface area contributed by atoms with Crippen LogP contribution in [0.4, 0.5) is 17.3 Å². The van der Waals surface area contributed by atoms with Crippen molar-refractivity contribution in [3.05, 3.63) is 42.6 Å². The van der Waals surface area contributed by atoms with Crippen molar-refractivity contribution in [2.45, 2.75) is 42.7 Å². The van der Waals surface area contributed by atoms with E-state index in [0.29, 0.717) is 12.1 Å². The third kappa shape index (κ3) is 4.25. The zero-order valence-corrected chi connectivity index (χ0v) is 17.9. The summed E-state index contributed by atoms with van der Waals surface area (Å²) in [6.07, 6.45) is 5.78. The van der Waals surface area contributed by atoms with Crippen molar-refractivity contribution in [1.29, 1.82) is 0 Å². The number of fused-ring (bicyclic) bond motifs is 1. The summed E-state index contributed by atoms with van der Waals surface area (Å²) in [5.41, 5.74) is 7.49. The summed E-state index contributed by atoms with van der Waals surface area (Å²) in [6, 6.07) is 11.1. The van der Waals surface area contributed by atoms with E-state index in [0.717, 1.165) is 48.7 Å². The first kappa shape index (κ1) is 20.6. The number of nitrogens with two attached hydrogens (primary N) is 1. The van der Waals surface area contributed by atoms with Gasteiger partial charge in [0.25, 0.3) is 0 Å². The number of nitrogens with one attached hydrogen (secondary N) is 2. The molecular weight excluding hydrogens is 402 g/mol. The van der Waals surface area contributed by atoms with Crippen LogP contribution in [0.5, 0.6) is 0 Å². The summed E-state index contributed by atoms with van der Waals surface area (Å²) in [4.78, 5) is 4.89. The first-order valence-electron chi connectivity index (χ1n) is 9.99. The summed E-state index contributed by atoms with van der Waals surface area (Å²) in [6.45, 7) is 0. The van der Waals surface area contributed by atoms with E-state index in [1.807, 2.05) is 12.1 Å². The SMILES string of the molecule is CN(C)S(=O)(=O)c1ccc(Nc2cc(NC3CCC(N)CC3)nc3ccnn23)cc1. The van der Waals surface area contributed by atoms with E-state index >= 15 is 0 Å². The quantitative estimate of drug-likeness (QED) is 0.551. The van der Waals surface area contributed by atoms with Crippen molar-refractivity contribution in [1.82, 2.24) is 18.9 Å². The van der Waals surface area contributed by atoms with Gasteiger partial charge in [0, 0.05) is 44.0 Å². The second-order valence-electron chi connectivity index (χ2n) is 7.82. The van der Waals surface area contributed by atoms with Gasteiger partial charge >= 0.3 is 0 Å². The molecule has 1 aromatic carbocycles. The standard InChI is InChI=1S/C20H27N7O2S/c1-26(2)30(28,29)17-9-7-16(8-10-17)24-20-13-18(25-19-11-12-22-27(19)20)23-15-5-3-14(21)4-6-15/h7-15,24H,3-6,21H2,1-2H3,(H,23,25). The minimum atomic E-state index is -3.46. The molecule has 10 heteroatoms. The molecular formula is C20H27N7O2S. The maximum atomic E-state index is 12.3. The van der Waals surface area contributed by atoms with Crippen molar-refractivity contribution in [2.24, 2.45) is 5.73 Å². The molecule has 2 heterocycles. The third-order valence-corrected chi connectivity index (χ3v) is 7.22. The Bertz CT molecular complexity index is 1120. The summed E-state index contributed by atoms with van der Waals surface area (Å²) in [5.74, 6) is 1.51. The van der Waals surface area contributed by atoms with Gasteiger partial charge in [-0.1, -0.05) is 0 Å². The van der Waals surface area contributed by atoms with Gasteiger partial charge < -0.3 is 16.4 Å². The number of hydrogen-bond donors (Lipinski definition) is 3. The fourth-order valence-corrected chi connectivity index (χ4v) is 4.52. The lowest BCUT2D eigenvalue weighted by molar-refractivity contribution is 0.410.